The number of rotatable bonds is 5. The van der Waals surface area contributed by atoms with Crippen LogP contribution >= 0.6 is 11.6 Å². The van der Waals surface area contributed by atoms with Crippen molar-refractivity contribution < 1.29 is 14.3 Å². The first-order valence-electron chi connectivity index (χ1n) is 8.97. The van der Waals surface area contributed by atoms with Gasteiger partial charge in [-0.2, -0.15) is 0 Å². The summed E-state index contributed by atoms with van der Waals surface area (Å²) in [5.74, 6) is -0.0760. The number of anilines is 1. The lowest BCUT2D eigenvalue weighted by Crippen LogP contribution is -2.22. The van der Waals surface area contributed by atoms with E-state index in [-0.39, 0.29) is 11.5 Å². The first kappa shape index (κ1) is 18.8. The zero-order valence-corrected chi connectivity index (χ0v) is 15.5. The molecule has 0 radical (unpaired) electrons. The Balaban J connectivity index is 1.57. The van der Waals surface area contributed by atoms with E-state index >= 15 is 0 Å². The standard InChI is InChI=1S/C20H23ClN2O3/c1-13-4-2-7-17(8-13)26-12-14-5-3-6-16(9-14)23-19(24)15-10-18(21)20(25)22-11-15/h3,5-6,9-11,13,17-18H,2,4,7-8,12H2,1H3,(H,23,24). The van der Waals surface area contributed by atoms with Crippen LogP contribution in [0.2, 0.25) is 0 Å². The molecule has 0 bridgehead atoms. The van der Waals surface area contributed by atoms with Gasteiger partial charge in [-0.25, -0.2) is 4.99 Å². The number of amides is 2. The number of carbonyl (C=O) groups is 2. The molecular weight excluding hydrogens is 352 g/mol. The van der Waals surface area contributed by atoms with Gasteiger partial charge in [-0.15, -0.1) is 11.6 Å². The normalized spacial score (nSPS) is 25.7. The molecule has 3 rings (SSSR count). The SMILES string of the molecule is CC1CCCC(OCc2cccc(NC(=O)C3=CC(Cl)C(=O)N=C3)c2)C1. The topological polar surface area (TPSA) is 67.8 Å². The van der Waals surface area contributed by atoms with Crippen LogP contribution < -0.4 is 5.32 Å². The minimum absolute atomic E-state index is 0.280. The molecule has 1 heterocycles. The van der Waals surface area contributed by atoms with E-state index in [9.17, 15) is 9.59 Å². The van der Waals surface area contributed by atoms with Gasteiger partial charge >= 0.3 is 0 Å². The highest BCUT2D eigenvalue weighted by molar-refractivity contribution is 6.35. The predicted octanol–water partition coefficient (Wildman–Crippen LogP) is 3.87. The van der Waals surface area contributed by atoms with Gasteiger partial charge in [0.25, 0.3) is 11.8 Å². The molecule has 1 saturated carbocycles. The molecule has 1 N–H and O–H groups in total. The van der Waals surface area contributed by atoms with Crippen molar-refractivity contribution in [3.8, 4) is 0 Å². The quantitative estimate of drug-likeness (QED) is 0.795. The van der Waals surface area contributed by atoms with E-state index in [4.69, 9.17) is 16.3 Å². The van der Waals surface area contributed by atoms with E-state index in [0.29, 0.717) is 18.4 Å². The summed E-state index contributed by atoms with van der Waals surface area (Å²) in [6.07, 6.45) is 7.71. The summed E-state index contributed by atoms with van der Waals surface area (Å²) < 4.78 is 6.04. The van der Waals surface area contributed by atoms with E-state index in [1.54, 1.807) is 0 Å². The van der Waals surface area contributed by atoms with E-state index in [1.165, 1.54) is 25.1 Å². The molecule has 3 atom stereocenters. The number of halogens is 1. The molecule has 0 aromatic heterocycles. The monoisotopic (exact) mass is 374 g/mol. The van der Waals surface area contributed by atoms with Crippen LogP contribution in [0.25, 0.3) is 0 Å². The van der Waals surface area contributed by atoms with Crippen molar-refractivity contribution in [2.45, 2.75) is 50.7 Å². The molecule has 0 saturated heterocycles. The van der Waals surface area contributed by atoms with Crippen LogP contribution in [0.4, 0.5) is 5.69 Å². The maximum atomic E-state index is 12.3. The highest BCUT2D eigenvalue weighted by atomic mass is 35.5. The Kier molecular flexibility index (Phi) is 6.22. The van der Waals surface area contributed by atoms with Crippen molar-refractivity contribution >= 4 is 35.3 Å². The van der Waals surface area contributed by atoms with Gasteiger partial charge in [0.2, 0.25) is 0 Å². The van der Waals surface area contributed by atoms with Gasteiger partial charge in [0.1, 0.15) is 5.38 Å². The highest BCUT2D eigenvalue weighted by Crippen LogP contribution is 2.26. The molecule has 138 valence electrons. The Hall–Kier alpha value is -1.98. The van der Waals surface area contributed by atoms with Crippen LogP contribution in [0.3, 0.4) is 0 Å². The molecule has 26 heavy (non-hydrogen) atoms. The van der Waals surface area contributed by atoms with Crippen LogP contribution in [-0.4, -0.2) is 29.5 Å². The maximum absolute atomic E-state index is 12.3. The minimum Gasteiger partial charge on any atom is -0.374 e. The maximum Gasteiger partial charge on any atom is 0.267 e. The molecule has 1 aromatic rings. The summed E-state index contributed by atoms with van der Waals surface area (Å²) in [6, 6.07) is 7.58. The smallest absolute Gasteiger partial charge is 0.267 e. The summed E-state index contributed by atoms with van der Waals surface area (Å²) in [6.45, 7) is 2.80. The highest BCUT2D eigenvalue weighted by Gasteiger charge is 2.21. The zero-order chi connectivity index (χ0) is 18.5. The summed E-state index contributed by atoms with van der Waals surface area (Å²) in [5.41, 5.74) is 1.96. The second-order valence-electron chi connectivity index (χ2n) is 6.98. The lowest BCUT2D eigenvalue weighted by Gasteiger charge is -2.26. The lowest BCUT2D eigenvalue weighted by molar-refractivity contribution is -0.116. The van der Waals surface area contributed by atoms with E-state index in [2.05, 4.69) is 17.2 Å². The van der Waals surface area contributed by atoms with Crippen molar-refractivity contribution in [2.24, 2.45) is 10.9 Å². The lowest BCUT2D eigenvalue weighted by atomic mass is 9.89. The van der Waals surface area contributed by atoms with Crippen molar-refractivity contribution in [1.82, 2.24) is 0 Å². The van der Waals surface area contributed by atoms with E-state index < -0.39 is 11.3 Å². The van der Waals surface area contributed by atoms with Crippen LogP contribution in [0.5, 0.6) is 0 Å². The second kappa shape index (κ2) is 8.60. The molecule has 2 amide bonds. The van der Waals surface area contributed by atoms with Gasteiger partial charge in [0.05, 0.1) is 18.3 Å². The van der Waals surface area contributed by atoms with Crippen LogP contribution in [0.1, 0.15) is 38.2 Å². The van der Waals surface area contributed by atoms with Gasteiger partial charge in [0.15, 0.2) is 0 Å². The molecule has 1 aliphatic carbocycles. The van der Waals surface area contributed by atoms with Gasteiger partial charge in [-0.3, -0.25) is 9.59 Å². The average molecular weight is 375 g/mol. The fourth-order valence-corrected chi connectivity index (χ4v) is 3.49. The Morgan fingerprint density at radius 1 is 1.38 bits per heavy atom. The zero-order valence-electron chi connectivity index (χ0n) is 14.8. The van der Waals surface area contributed by atoms with Crippen molar-refractivity contribution in [2.75, 3.05) is 5.32 Å². The van der Waals surface area contributed by atoms with E-state index in [0.717, 1.165) is 24.3 Å². The first-order chi connectivity index (χ1) is 12.5. The second-order valence-corrected chi connectivity index (χ2v) is 7.45. The molecule has 1 fully saturated rings. The number of nitrogens with zero attached hydrogens (tertiary/aromatic N) is 1. The third-order valence-electron chi connectivity index (χ3n) is 4.71. The van der Waals surface area contributed by atoms with Crippen LogP contribution in [0.15, 0.2) is 40.9 Å². The van der Waals surface area contributed by atoms with Crippen LogP contribution in [-0.2, 0) is 20.9 Å². The Labute approximate surface area is 158 Å². The van der Waals surface area contributed by atoms with Gasteiger partial charge < -0.3 is 10.1 Å². The molecule has 0 spiro atoms. The van der Waals surface area contributed by atoms with Crippen molar-refractivity contribution in [3.63, 3.8) is 0 Å². The molecule has 1 aromatic carbocycles. The fourth-order valence-electron chi connectivity index (χ4n) is 3.30. The molecule has 3 unspecified atom stereocenters. The van der Waals surface area contributed by atoms with Gasteiger partial charge in [-0.1, -0.05) is 31.9 Å². The number of dihydropyridines is 1. The number of hydrogen-bond acceptors (Lipinski definition) is 3. The summed E-state index contributed by atoms with van der Waals surface area (Å²) >= 11 is 5.82. The Bertz CT molecular complexity index is 744. The number of alkyl halides is 1. The molecule has 6 heteroatoms. The largest absolute Gasteiger partial charge is 0.374 e. The number of carbonyl (C=O) groups excluding carboxylic acids is 2. The van der Waals surface area contributed by atoms with Crippen molar-refractivity contribution in [3.05, 3.63) is 41.5 Å². The molecule has 5 nitrogen and oxygen atoms in total. The van der Waals surface area contributed by atoms with Gasteiger partial charge in [0, 0.05) is 11.9 Å². The van der Waals surface area contributed by atoms with Crippen molar-refractivity contribution in [1.29, 1.82) is 0 Å². The number of aliphatic imine (C=N–C) groups is 1. The number of ether oxygens (including phenoxy) is 1. The third-order valence-corrected chi connectivity index (χ3v) is 5.03. The summed E-state index contributed by atoms with van der Waals surface area (Å²) in [7, 11) is 0. The van der Waals surface area contributed by atoms with Gasteiger partial charge in [-0.05, 0) is 42.5 Å². The molecule has 1 aliphatic heterocycles. The molecular formula is C20H23ClN2O3. The Morgan fingerprint density at radius 3 is 3.00 bits per heavy atom. The summed E-state index contributed by atoms with van der Waals surface area (Å²) in [4.78, 5) is 27.2. The molecule has 2 aliphatic rings. The number of hydrogen-bond donors (Lipinski definition) is 1. The third kappa shape index (κ3) is 5.02. The summed E-state index contributed by atoms with van der Waals surface area (Å²) in [5, 5.41) is 1.92. The fraction of sp³-hybridized carbons (Fsp3) is 0.450. The first-order valence-corrected chi connectivity index (χ1v) is 9.40. The average Bonchev–Trinajstić information content (AvgIpc) is 2.62. The number of benzene rings is 1. The minimum atomic E-state index is -0.890. The predicted molar refractivity (Wildman–Crippen MR) is 103 cm³/mol. The number of nitrogens with one attached hydrogen (secondary N) is 1. The Morgan fingerprint density at radius 2 is 2.23 bits per heavy atom. The van der Waals surface area contributed by atoms with Crippen LogP contribution in [0, 0.1) is 5.92 Å². The van der Waals surface area contributed by atoms with E-state index in [1.807, 2.05) is 24.3 Å².